The molecule has 0 unspecified atom stereocenters. The third-order valence-electron chi connectivity index (χ3n) is 5.61. The minimum Gasteiger partial charge on any atom is -0.479 e. The van der Waals surface area contributed by atoms with Gasteiger partial charge in [-0.2, -0.15) is 0 Å². The molecule has 2 heterocycles. The molecule has 2 rings (SSSR count). The number of aliphatic hydroxyl groups excluding tert-OH is 10. The molecular weight excluding hydrogens is 488 g/mol. The van der Waals surface area contributed by atoms with E-state index in [1.807, 2.05) is 0 Å². The van der Waals surface area contributed by atoms with Crippen molar-refractivity contribution in [3.05, 3.63) is 0 Å². The predicted octanol–water partition coefficient (Wildman–Crippen LogP) is -7.64. The summed E-state index contributed by atoms with van der Waals surface area (Å²) in [5.41, 5.74) is 0. The number of aliphatic hydroxyl groups is 10. The number of aliphatic carboxylic acids is 1. The highest BCUT2D eigenvalue weighted by Crippen LogP contribution is 2.31. The monoisotopic (exact) mass is 518 g/mol. The highest BCUT2D eigenvalue weighted by atomic mass is 16.8. The van der Waals surface area contributed by atoms with Gasteiger partial charge in [-0.25, -0.2) is 4.79 Å². The van der Waals surface area contributed by atoms with E-state index in [4.69, 9.17) is 24.1 Å². The third kappa shape index (κ3) is 6.48. The fourth-order valence-electron chi connectivity index (χ4n) is 3.55. The number of hydrogen-bond acceptors (Lipinski definition) is 16. The van der Waals surface area contributed by atoms with Gasteiger partial charge in [-0.15, -0.1) is 0 Å². The normalized spacial score (nSPS) is 41.5. The van der Waals surface area contributed by atoms with Crippen LogP contribution in [0.1, 0.15) is 0 Å². The second kappa shape index (κ2) is 12.7. The number of carboxylic acid groups (broad SMARTS) is 1. The van der Waals surface area contributed by atoms with E-state index < -0.39 is 105 Å². The molecule has 2 aliphatic rings. The van der Waals surface area contributed by atoms with E-state index >= 15 is 0 Å². The molecule has 17 nitrogen and oxygen atoms in total. The Hall–Kier alpha value is -1.42. The molecule has 14 atom stereocenters. The molecule has 0 aliphatic carbocycles. The Morgan fingerprint density at radius 2 is 1.51 bits per heavy atom. The quantitative estimate of drug-likeness (QED) is 0.113. The van der Waals surface area contributed by atoms with Gasteiger partial charge in [0, 0.05) is 0 Å². The van der Waals surface area contributed by atoms with Crippen molar-refractivity contribution in [3.63, 3.8) is 0 Å². The van der Waals surface area contributed by atoms with Gasteiger partial charge in [0.25, 0.3) is 0 Å². The van der Waals surface area contributed by atoms with Crippen molar-refractivity contribution >= 4 is 12.3 Å². The lowest BCUT2D eigenvalue weighted by molar-refractivity contribution is -0.372. The number of ether oxygens (including phenoxy) is 4. The van der Waals surface area contributed by atoms with Gasteiger partial charge in [0.1, 0.15) is 67.1 Å². The Morgan fingerprint density at radius 1 is 0.886 bits per heavy atom. The molecule has 0 aromatic heterocycles. The maximum atomic E-state index is 11.5. The van der Waals surface area contributed by atoms with E-state index in [9.17, 15) is 60.7 Å². The SMILES string of the molecule is O=C[C@@H](O)[C@@H](O[C@H]1O[C@H](C(=O)O)[C@@H](O)[C@H](O)[C@H]1O[C@H]1O[C@H](CO)[C@@H](O)[C@H](O)[C@H]1O)[C@H](O)[C@H](O)CO. The van der Waals surface area contributed by atoms with Crippen LogP contribution < -0.4 is 0 Å². The van der Waals surface area contributed by atoms with E-state index in [-0.39, 0.29) is 6.29 Å². The number of rotatable bonds is 11. The lowest BCUT2D eigenvalue weighted by Crippen LogP contribution is -2.66. The molecule has 0 radical (unpaired) electrons. The van der Waals surface area contributed by atoms with Crippen LogP contribution in [0.3, 0.4) is 0 Å². The predicted molar refractivity (Wildman–Crippen MR) is 103 cm³/mol. The Labute approximate surface area is 196 Å². The van der Waals surface area contributed by atoms with E-state index in [0.29, 0.717) is 0 Å². The molecule has 0 spiro atoms. The number of carbonyl (C=O) groups excluding carboxylic acids is 1. The molecule has 35 heavy (non-hydrogen) atoms. The van der Waals surface area contributed by atoms with E-state index in [2.05, 4.69) is 0 Å². The summed E-state index contributed by atoms with van der Waals surface area (Å²) in [7, 11) is 0. The minimum absolute atomic E-state index is 0.131. The van der Waals surface area contributed by atoms with Crippen LogP contribution in [0.25, 0.3) is 0 Å². The van der Waals surface area contributed by atoms with Gasteiger partial charge in [-0.3, -0.25) is 0 Å². The van der Waals surface area contributed by atoms with Crippen LogP contribution >= 0.6 is 0 Å². The molecular formula is C18H30O17. The van der Waals surface area contributed by atoms with Gasteiger partial charge in [-0.1, -0.05) is 0 Å². The molecule has 0 aromatic rings. The first-order valence-corrected chi connectivity index (χ1v) is 10.4. The fourth-order valence-corrected chi connectivity index (χ4v) is 3.55. The smallest absolute Gasteiger partial charge is 0.335 e. The molecule has 2 fully saturated rings. The Bertz CT molecular complexity index is 692. The molecule has 2 aliphatic heterocycles. The van der Waals surface area contributed by atoms with Crippen LogP contribution in [0.4, 0.5) is 0 Å². The van der Waals surface area contributed by atoms with Crippen molar-refractivity contribution in [2.24, 2.45) is 0 Å². The number of carboxylic acids is 1. The first kappa shape index (κ1) is 29.8. The molecule has 0 bridgehead atoms. The van der Waals surface area contributed by atoms with Crippen LogP contribution in [-0.2, 0) is 28.5 Å². The molecule has 11 N–H and O–H groups in total. The van der Waals surface area contributed by atoms with Crippen molar-refractivity contribution in [1.29, 1.82) is 0 Å². The van der Waals surface area contributed by atoms with Gasteiger partial charge in [0.2, 0.25) is 0 Å². The number of carbonyl (C=O) groups is 2. The summed E-state index contributed by atoms with van der Waals surface area (Å²) in [4.78, 5) is 22.6. The third-order valence-corrected chi connectivity index (χ3v) is 5.61. The van der Waals surface area contributed by atoms with E-state index in [1.165, 1.54) is 0 Å². The van der Waals surface area contributed by atoms with Crippen LogP contribution in [0, 0.1) is 0 Å². The molecule has 0 aromatic carbocycles. The lowest BCUT2D eigenvalue weighted by atomic mass is 9.96. The maximum Gasteiger partial charge on any atom is 0.335 e. The summed E-state index contributed by atoms with van der Waals surface area (Å²) >= 11 is 0. The van der Waals surface area contributed by atoms with Crippen molar-refractivity contribution in [2.45, 2.75) is 85.8 Å². The summed E-state index contributed by atoms with van der Waals surface area (Å²) < 4.78 is 20.8. The number of hydrogen-bond donors (Lipinski definition) is 11. The van der Waals surface area contributed by atoms with Gasteiger partial charge >= 0.3 is 5.97 Å². The van der Waals surface area contributed by atoms with Gasteiger partial charge in [0.15, 0.2) is 25.0 Å². The van der Waals surface area contributed by atoms with Gasteiger partial charge in [0.05, 0.1) is 13.2 Å². The highest BCUT2D eigenvalue weighted by Gasteiger charge is 2.53. The summed E-state index contributed by atoms with van der Waals surface area (Å²) in [5.74, 6) is -1.79. The minimum atomic E-state index is -2.19. The van der Waals surface area contributed by atoms with E-state index in [1.54, 1.807) is 0 Å². The second-order valence-corrected chi connectivity index (χ2v) is 8.01. The highest BCUT2D eigenvalue weighted by molar-refractivity contribution is 5.73. The van der Waals surface area contributed by atoms with Crippen LogP contribution in [0.2, 0.25) is 0 Å². The van der Waals surface area contributed by atoms with Crippen LogP contribution in [0.5, 0.6) is 0 Å². The maximum absolute atomic E-state index is 11.5. The summed E-state index contributed by atoms with van der Waals surface area (Å²) in [6.07, 6.45) is -28.3. The summed E-state index contributed by atoms with van der Waals surface area (Å²) in [6.45, 7) is -1.90. The van der Waals surface area contributed by atoms with Gasteiger partial charge in [-0.05, 0) is 0 Å². The fraction of sp³-hybridized carbons (Fsp3) is 0.889. The molecule has 17 heteroatoms. The molecule has 0 saturated carbocycles. The average Bonchev–Trinajstić information content (AvgIpc) is 2.84. The van der Waals surface area contributed by atoms with Gasteiger partial charge < -0.3 is 79.9 Å². The van der Waals surface area contributed by atoms with E-state index in [0.717, 1.165) is 0 Å². The number of aldehydes is 1. The van der Waals surface area contributed by atoms with Crippen molar-refractivity contribution < 1.29 is 84.7 Å². The summed E-state index contributed by atoms with van der Waals surface area (Å²) in [6, 6.07) is 0. The summed E-state index contributed by atoms with van der Waals surface area (Å²) in [5, 5.41) is 108. The molecule has 0 amide bonds. The largest absolute Gasteiger partial charge is 0.479 e. The Kier molecular flexibility index (Phi) is 10.8. The second-order valence-electron chi connectivity index (χ2n) is 8.01. The van der Waals surface area contributed by atoms with Crippen LogP contribution in [0.15, 0.2) is 0 Å². The van der Waals surface area contributed by atoms with Crippen molar-refractivity contribution in [1.82, 2.24) is 0 Å². The molecule has 2 saturated heterocycles. The first-order chi connectivity index (χ1) is 16.4. The zero-order valence-corrected chi connectivity index (χ0v) is 17.9. The first-order valence-electron chi connectivity index (χ1n) is 10.4. The van der Waals surface area contributed by atoms with Crippen LogP contribution in [-0.4, -0.2) is 167 Å². The Balaban J connectivity index is 2.37. The standard InChI is InChI=1S/C18H30O17/c19-1-4(22)7(24)13(5(23)2-20)33-18-15(11(28)10(27)14(34-18)16(30)31)35-17-12(29)9(26)8(25)6(3-21)32-17/h2,4-15,17-19,21-29H,1,3H2,(H,30,31)/t4-,5-,6-,7-,8-,9+,10+,11+,12-,13-,14+,15-,17-,18+/m1/s1. The van der Waals surface area contributed by atoms with Crippen molar-refractivity contribution in [3.8, 4) is 0 Å². The van der Waals surface area contributed by atoms with Crippen molar-refractivity contribution in [2.75, 3.05) is 13.2 Å². The zero-order valence-electron chi connectivity index (χ0n) is 17.9. The average molecular weight is 518 g/mol. The molecule has 204 valence electrons. The zero-order chi connectivity index (χ0) is 26.6. The lowest BCUT2D eigenvalue weighted by Gasteiger charge is -2.46. The topological polar surface area (TPSA) is 294 Å². The Morgan fingerprint density at radius 3 is 2.03 bits per heavy atom.